The fraction of sp³-hybridized carbons (Fsp3) is 0.750. The summed E-state index contributed by atoms with van der Waals surface area (Å²) in [6.07, 6.45) is 3.86. The molecule has 14 heavy (non-hydrogen) atoms. The summed E-state index contributed by atoms with van der Waals surface area (Å²) in [7, 11) is 0. The minimum absolute atomic E-state index is 0.0614. The fourth-order valence-corrected chi connectivity index (χ4v) is 2.22. The van der Waals surface area contributed by atoms with Crippen molar-refractivity contribution >= 4 is 5.97 Å². The van der Waals surface area contributed by atoms with Gasteiger partial charge >= 0.3 is 5.97 Å². The van der Waals surface area contributed by atoms with Crippen molar-refractivity contribution in [2.75, 3.05) is 6.61 Å². The molecular weight excluding hydrogens is 176 g/mol. The summed E-state index contributed by atoms with van der Waals surface area (Å²) in [5.74, 6) is 0.357. The minimum Gasteiger partial charge on any atom is -0.466 e. The van der Waals surface area contributed by atoms with E-state index >= 15 is 0 Å². The molecular formula is C12H20O2. The third-order valence-electron chi connectivity index (χ3n) is 2.96. The molecule has 1 unspecified atom stereocenters. The van der Waals surface area contributed by atoms with Gasteiger partial charge in [-0.3, -0.25) is 4.79 Å². The number of hydrogen-bond acceptors (Lipinski definition) is 2. The Kier molecular flexibility index (Phi) is 3.35. The van der Waals surface area contributed by atoms with Crippen LogP contribution in [0.5, 0.6) is 0 Å². The molecule has 0 heterocycles. The number of carbonyl (C=O) groups excluding carboxylic acids is 1. The molecule has 1 rings (SSSR count). The number of carbonyl (C=O) groups is 1. The number of allylic oxidation sites excluding steroid dienone is 2. The van der Waals surface area contributed by atoms with Gasteiger partial charge in [0.2, 0.25) is 0 Å². The van der Waals surface area contributed by atoms with E-state index in [0.29, 0.717) is 18.9 Å². The van der Waals surface area contributed by atoms with E-state index in [9.17, 15) is 4.79 Å². The SMILES string of the molecule is CCOC(=O)CC1CC(C)=CC1(C)C. The first-order valence-corrected chi connectivity index (χ1v) is 5.29. The quantitative estimate of drug-likeness (QED) is 0.512. The van der Waals surface area contributed by atoms with Crippen LogP contribution >= 0.6 is 0 Å². The van der Waals surface area contributed by atoms with Gasteiger partial charge in [0.25, 0.3) is 0 Å². The average Bonchev–Trinajstić information content (AvgIpc) is 2.25. The standard InChI is InChI=1S/C12H20O2/c1-5-14-11(13)7-10-6-9(2)8-12(10,3)4/h8,10H,5-7H2,1-4H3. The predicted molar refractivity (Wildman–Crippen MR) is 56.9 cm³/mol. The Balaban J connectivity index is 2.52. The van der Waals surface area contributed by atoms with Gasteiger partial charge in [0.15, 0.2) is 0 Å². The lowest BCUT2D eigenvalue weighted by Crippen LogP contribution is -2.21. The van der Waals surface area contributed by atoms with Gasteiger partial charge in [0.1, 0.15) is 0 Å². The third-order valence-corrected chi connectivity index (χ3v) is 2.96. The zero-order valence-corrected chi connectivity index (χ0v) is 9.59. The van der Waals surface area contributed by atoms with Crippen LogP contribution in [-0.4, -0.2) is 12.6 Å². The van der Waals surface area contributed by atoms with Crippen molar-refractivity contribution in [1.82, 2.24) is 0 Å². The summed E-state index contributed by atoms with van der Waals surface area (Å²) in [6, 6.07) is 0. The molecule has 0 N–H and O–H groups in total. The van der Waals surface area contributed by atoms with E-state index in [1.54, 1.807) is 0 Å². The lowest BCUT2D eigenvalue weighted by molar-refractivity contribution is -0.144. The van der Waals surface area contributed by atoms with E-state index in [1.165, 1.54) is 5.57 Å². The van der Waals surface area contributed by atoms with Gasteiger partial charge in [-0.15, -0.1) is 0 Å². The van der Waals surface area contributed by atoms with Crippen molar-refractivity contribution in [3.05, 3.63) is 11.6 Å². The molecule has 80 valence electrons. The van der Waals surface area contributed by atoms with Crippen LogP contribution in [0.4, 0.5) is 0 Å². The Morgan fingerprint density at radius 3 is 2.71 bits per heavy atom. The summed E-state index contributed by atoms with van der Waals surface area (Å²) in [5.41, 5.74) is 1.54. The Hall–Kier alpha value is -0.790. The topological polar surface area (TPSA) is 26.3 Å². The summed E-state index contributed by atoms with van der Waals surface area (Å²) in [5, 5.41) is 0. The van der Waals surface area contributed by atoms with E-state index in [1.807, 2.05) is 6.92 Å². The normalized spacial score (nSPS) is 24.6. The van der Waals surface area contributed by atoms with Gasteiger partial charge in [-0.05, 0) is 31.6 Å². The second kappa shape index (κ2) is 4.16. The summed E-state index contributed by atoms with van der Waals surface area (Å²) in [6.45, 7) is 8.84. The molecule has 0 saturated carbocycles. The maximum atomic E-state index is 11.3. The summed E-state index contributed by atoms with van der Waals surface area (Å²) in [4.78, 5) is 11.3. The van der Waals surface area contributed by atoms with Crippen LogP contribution in [0.15, 0.2) is 11.6 Å². The number of ether oxygens (including phenoxy) is 1. The van der Waals surface area contributed by atoms with Crippen LogP contribution in [0, 0.1) is 11.3 Å². The smallest absolute Gasteiger partial charge is 0.306 e. The Morgan fingerprint density at radius 2 is 2.29 bits per heavy atom. The zero-order valence-electron chi connectivity index (χ0n) is 9.59. The lowest BCUT2D eigenvalue weighted by atomic mass is 9.80. The first-order chi connectivity index (χ1) is 6.45. The van der Waals surface area contributed by atoms with Crippen LogP contribution in [0.3, 0.4) is 0 Å². The second-order valence-corrected chi connectivity index (χ2v) is 4.72. The van der Waals surface area contributed by atoms with Gasteiger partial charge in [0, 0.05) is 6.42 Å². The van der Waals surface area contributed by atoms with Crippen LogP contribution in [-0.2, 0) is 9.53 Å². The predicted octanol–water partition coefficient (Wildman–Crippen LogP) is 2.93. The van der Waals surface area contributed by atoms with E-state index in [0.717, 1.165) is 6.42 Å². The van der Waals surface area contributed by atoms with E-state index < -0.39 is 0 Å². The Labute approximate surface area is 86.3 Å². The molecule has 0 aromatic heterocycles. The molecule has 0 saturated heterocycles. The van der Waals surface area contributed by atoms with Gasteiger partial charge < -0.3 is 4.74 Å². The van der Waals surface area contributed by atoms with Crippen molar-refractivity contribution in [3.8, 4) is 0 Å². The fourth-order valence-electron chi connectivity index (χ4n) is 2.22. The lowest BCUT2D eigenvalue weighted by Gasteiger charge is -2.25. The molecule has 2 heteroatoms. The Bertz CT molecular complexity index is 251. The van der Waals surface area contributed by atoms with Crippen LogP contribution in [0.25, 0.3) is 0 Å². The van der Waals surface area contributed by atoms with E-state index in [4.69, 9.17) is 4.74 Å². The summed E-state index contributed by atoms with van der Waals surface area (Å²) >= 11 is 0. The highest BCUT2D eigenvalue weighted by atomic mass is 16.5. The minimum atomic E-state index is -0.0614. The maximum absolute atomic E-state index is 11.3. The van der Waals surface area contributed by atoms with Gasteiger partial charge in [-0.2, -0.15) is 0 Å². The molecule has 0 radical (unpaired) electrons. The van der Waals surface area contributed by atoms with Crippen molar-refractivity contribution in [2.45, 2.75) is 40.5 Å². The molecule has 0 spiro atoms. The monoisotopic (exact) mass is 196 g/mol. The first kappa shape index (κ1) is 11.3. The highest BCUT2D eigenvalue weighted by molar-refractivity contribution is 5.70. The van der Waals surface area contributed by atoms with Gasteiger partial charge in [-0.1, -0.05) is 25.5 Å². The van der Waals surface area contributed by atoms with Gasteiger partial charge in [0.05, 0.1) is 6.61 Å². The molecule has 0 aromatic rings. The van der Waals surface area contributed by atoms with Crippen LogP contribution in [0.2, 0.25) is 0 Å². The molecule has 0 bridgehead atoms. The first-order valence-electron chi connectivity index (χ1n) is 5.29. The van der Waals surface area contributed by atoms with Crippen LogP contribution in [0.1, 0.15) is 40.5 Å². The molecule has 1 aliphatic carbocycles. The molecule has 1 atom stereocenters. The second-order valence-electron chi connectivity index (χ2n) is 4.72. The van der Waals surface area contributed by atoms with Gasteiger partial charge in [-0.25, -0.2) is 0 Å². The molecule has 0 aliphatic heterocycles. The number of esters is 1. The highest BCUT2D eigenvalue weighted by Crippen LogP contribution is 2.42. The van der Waals surface area contributed by atoms with E-state index in [-0.39, 0.29) is 11.4 Å². The largest absolute Gasteiger partial charge is 0.466 e. The zero-order chi connectivity index (χ0) is 10.8. The number of rotatable bonds is 3. The average molecular weight is 196 g/mol. The Morgan fingerprint density at radius 1 is 1.64 bits per heavy atom. The van der Waals surface area contributed by atoms with E-state index in [2.05, 4.69) is 26.8 Å². The van der Waals surface area contributed by atoms with Crippen molar-refractivity contribution in [2.24, 2.45) is 11.3 Å². The van der Waals surface area contributed by atoms with Crippen LogP contribution < -0.4 is 0 Å². The van der Waals surface area contributed by atoms with Crippen molar-refractivity contribution < 1.29 is 9.53 Å². The molecule has 2 nitrogen and oxygen atoms in total. The molecule has 0 amide bonds. The number of hydrogen-bond donors (Lipinski definition) is 0. The molecule has 0 aromatic carbocycles. The molecule has 0 fully saturated rings. The molecule has 1 aliphatic rings. The summed E-state index contributed by atoms with van der Waals surface area (Å²) < 4.78 is 4.97. The third kappa shape index (κ3) is 2.60. The highest BCUT2D eigenvalue weighted by Gasteiger charge is 2.34. The van der Waals surface area contributed by atoms with Crippen molar-refractivity contribution in [1.29, 1.82) is 0 Å². The maximum Gasteiger partial charge on any atom is 0.306 e. The van der Waals surface area contributed by atoms with Crippen molar-refractivity contribution in [3.63, 3.8) is 0 Å².